The summed E-state index contributed by atoms with van der Waals surface area (Å²) in [6, 6.07) is 5.33. The number of hydrogen-bond donors (Lipinski definition) is 1. The summed E-state index contributed by atoms with van der Waals surface area (Å²) in [6.07, 6.45) is 0.803. The number of hydrogen-bond acceptors (Lipinski definition) is 5. The molecule has 0 aliphatic heterocycles. The molecule has 1 aromatic carbocycles. The Kier molecular flexibility index (Phi) is 6.51. The molecule has 24 heavy (non-hydrogen) atoms. The lowest BCUT2D eigenvalue weighted by Crippen LogP contribution is -2.15. The van der Waals surface area contributed by atoms with Crippen LogP contribution in [-0.4, -0.2) is 33.5 Å². The molecule has 1 N–H and O–H groups in total. The summed E-state index contributed by atoms with van der Waals surface area (Å²) >= 11 is 7.33. The maximum absolute atomic E-state index is 12.2. The Hall–Kier alpha value is -1.73. The molecule has 0 unspecified atom stereocenters. The molecule has 130 valence electrons. The summed E-state index contributed by atoms with van der Waals surface area (Å²) in [7, 11) is 1.55. The van der Waals surface area contributed by atoms with Gasteiger partial charge in [-0.05, 0) is 32.0 Å². The van der Waals surface area contributed by atoms with Crippen LogP contribution in [0.1, 0.15) is 32.6 Å². The lowest BCUT2D eigenvalue weighted by atomic mass is 10.3. The first-order chi connectivity index (χ1) is 11.5. The summed E-state index contributed by atoms with van der Waals surface area (Å²) in [5.74, 6) is 1.56. The second-order valence-electron chi connectivity index (χ2n) is 5.40. The molecule has 1 amide bonds. The van der Waals surface area contributed by atoms with E-state index in [-0.39, 0.29) is 17.7 Å². The number of thioether (sulfide) groups is 1. The van der Waals surface area contributed by atoms with Crippen molar-refractivity contribution in [2.24, 2.45) is 0 Å². The number of amides is 1. The molecule has 0 bridgehead atoms. The highest BCUT2D eigenvalue weighted by molar-refractivity contribution is 7.99. The quantitative estimate of drug-likeness (QED) is 0.752. The molecule has 0 atom stereocenters. The van der Waals surface area contributed by atoms with Gasteiger partial charge in [-0.2, -0.15) is 0 Å². The average molecular weight is 369 g/mol. The van der Waals surface area contributed by atoms with E-state index in [9.17, 15) is 4.79 Å². The Bertz CT molecular complexity index is 718. The van der Waals surface area contributed by atoms with Gasteiger partial charge in [-0.25, -0.2) is 0 Å². The molecule has 6 nitrogen and oxygen atoms in total. The number of benzene rings is 1. The van der Waals surface area contributed by atoms with Crippen molar-refractivity contribution in [1.82, 2.24) is 14.8 Å². The number of ether oxygens (including phenoxy) is 1. The number of aromatic nitrogens is 3. The minimum atomic E-state index is -0.156. The zero-order valence-electron chi connectivity index (χ0n) is 14.2. The molecule has 0 spiro atoms. The number of anilines is 1. The molecule has 0 saturated carbocycles. The van der Waals surface area contributed by atoms with Gasteiger partial charge >= 0.3 is 0 Å². The van der Waals surface area contributed by atoms with E-state index < -0.39 is 0 Å². The molecule has 0 fully saturated rings. The number of methoxy groups -OCH3 is 1. The van der Waals surface area contributed by atoms with Crippen LogP contribution in [0.15, 0.2) is 23.4 Å². The molecule has 0 aliphatic carbocycles. The number of nitrogens with one attached hydrogen (secondary N) is 1. The number of rotatable bonds is 7. The van der Waals surface area contributed by atoms with Crippen LogP contribution in [0.5, 0.6) is 5.75 Å². The van der Waals surface area contributed by atoms with Gasteiger partial charge in [-0.1, -0.05) is 30.3 Å². The number of aryl methyl sites for hydroxylation is 1. The fourth-order valence-electron chi connectivity index (χ4n) is 2.26. The van der Waals surface area contributed by atoms with Crippen molar-refractivity contribution in [1.29, 1.82) is 0 Å². The Balaban J connectivity index is 2.04. The Morgan fingerprint density at radius 2 is 2.17 bits per heavy atom. The maximum atomic E-state index is 12.2. The van der Waals surface area contributed by atoms with E-state index in [1.807, 2.05) is 6.92 Å². The van der Waals surface area contributed by atoms with Crippen LogP contribution in [0, 0.1) is 0 Å². The summed E-state index contributed by atoms with van der Waals surface area (Å²) in [6.45, 7) is 6.18. The highest BCUT2D eigenvalue weighted by Crippen LogP contribution is 2.28. The SMILES string of the molecule is CCc1nnc(SCC(=O)Nc2cc(Cl)ccc2OC)n1C(C)C. The van der Waals surface area contributed by atoms with Crippen LogP contribution >= 0.6 is 23.4 Å². The van der Waals surface area contributed by atoms with Crippen LogP contribution in [0.4, 0.5) is 5.69 Å². The van der Waals surface area contributed by atoms with Crippen molar-refractivity contribution in [2.75, 3.05) is 18.2 Å². The number of carbonyl (C=O) groups excluding carboxylic acids is 1. The number of carbonyl (C=O) groups is 1. The normalized spacial score (nSPS) is 10.9. The zero-order valence-corrected chi connectivity index (χ0v) is 15.7. The minimum absolute atomic E-state index is 0.156. The van der Waals surface area contributed by atoms with Crippen LogP contribution in [0.25, 0.3) is 0 Å². The van der Waals surface area contributed by atoms with Crippen LogP contribution in [0.2, 0.25) is 5.02 Å². The third kappa shape index (κ3) is 4.42. The molecule has 0 aliphatic rings. The standard InChI is InChI=1S/C16H21ClN4O2S/c1-5-14-19-20-16(21(14)10(2)3)24-9-15(22)18-12-8-11(17)6-7-13(12)23-4/h6-8,10H,5,9H2,1-4H3,(H,18,22). The lowest BCUT2D eigenvalue weighted by Gasteiger charge is -2.13. The summed E-state index contributed by atoms with van der Waals surface area (Å²) in [5.41, 5.74) is 0.551. The van der Waals surface area contributed by atoms with E-state index in [4.69, 9.17) is 16.3 Å². The zero-order chi connectivity index (χ0) is 17.7. The third-order valence-corrected chi connectivity index (χ3v) is 4.51. The molecule has 1 aromatic heterocycles. The molecule has 0 radical (unpaired) electrons. The molecule has 2 rings (SSSR count). The number of halogens is 1. The van der Waals surface area contributed by atoms with E-state index in [2.05, 4.69) is 33.9 Å². The molecular weight excluding hydrogens is 348 g/mol. The highest BCUT2D eigenvalue weighted by Gasteiger charge is 2.16. The van der Waals surface area contributed by atoms with Gasteiger partial charge in [0.25, 0.3) is 0 Å². The van der Waals surface area contributed by atoms with Gasteiger partial charge in [0, 0.05) is 17.5 Å². The van der Waals surface area contributed by atoms with E-state index in [0.29, 0.717) is 16.5 Å². The average Bonchev–Trinajstić information content (AvgIpc) is 2.96. The minimum Gasteiger partial charge on any atom is -0.495 e. The van der Waals surface area contributed by atoms with E-state index in [0.717, 1.165) is 17.4 Å². The van der Waals surface area contributed by atoms with Gasteiger partial charge in [0.15, 0.2) is 5.16 Å². The van der Waals surface area contributed by atoms with Gasteiger partial charge in [0.2, 0.25) is 5.91 Å². The summed E-state index contributed by atoms with van der Waals surface area (Å²) in [5, 5.41) is 12.5. The van der Waals surface area contributed by atoms with Crippen molar-refractivity contribution in [3.8, 4) is 5.75 Å². The van der Waals surface area contributed by atoms with Crippen molar-refractivity contribution in [3.63, 3.8) is 0 Å². The molecule has 0 saturated heterocycles. The smallest absolute Gasteiger partial charge is 0.234 e. The highest BCUT2D eigenvalue weighted by atomic mass is 35.5. The second kappa shape index (κ2) is 8.39. The maximum Gasteiger partial charge on any atom is 0.234 e. The van der Waals surface area contributed by atoms with Crippen LogP contribution in [-0.2, 0) is 11.2 Å². The molecular formula is C16H21ClN4O2S. The third-order valence-electron chi connectivity index (χ3n) is 3.34. The van der Waals surface area contributed by atoms with Gasteiger partial charge in [-0.3, -0.25) is 4.79 Å². The van der Waals surface area contributed by atoms with Gasteiger partial charge < -0.3 is 14.6 Å². The van der Waals surface area contributed by atoms with Gasteiger partial charge in [-0.15, -0.1) is 10.2 Å². The van der Waals surface area contributed by atoms with E-state index in [1.165, 1.54) is 11.8 Å². The molecule has 8 heteroatoms. The first-order valence-electron chi connectivity index (χ1n) is 7.66. The second-order valence-corrected chi connectivity index (χ2v) is 6.78. The van der Waals surface area contributed by atoms with E-state index in [1.54, 1.807) is 25.3 Å². The van der Waals surface area contributed by atoms with Gasteiger partial charge in [0.1, 0.15) is 11.6 Å². The van der Waals surface area contributed by atoms with Crippen molar-refractivity contribution in [2.45, 2.75) is 38.4 Å². The molecule has 1 heterocycles. The van der Waals surface area contributed by atoms with Crippen LogP contribution in [0.3, 0.4) is 0 Å². The largest absolute Gasteiger partial charge is 0.495 e. The fraction of sp³-hybridized carbons (Fsp3) is 0.438. The Morgan fingerprint density at radius 1 is 1.42 bits per heavy atom. The first-order valence-corrected chi connectivity index (χ1v) is 9.02. The monoisotopic (exact) mass is 368 g/mol. The predicted molar refractivity (Wildman–Crippen MR) is 97.1 cm³/mol. The summed E-state index contributed by atoms with van der Waals surface area (Å²) < 4.78 is 7.28. The summed E-state index contributed by atoms with van der Waals surface area (Å²) in [4.78, 5) is 12.2. The van der Waals surface area contributed by atoms with Crippen molar-refractivity contribution in [3.05, 3.63) is 29.0 Å². The Labute approximate surface area is 150 Å². The van der Waals surface area contributed by atoms with Crippen molar-refractivity contribution >= 4 is 35.0 Å². The lowest BCUT2D eigenvalue weighted by molar-refractivity contribution is -0.113. The number of nitrogens with zero attached hydrogens (tertiary/aromatic N) is 3. The topological polar surface area (TPSA) is 69.0 Å². The van der Waals surface area contributed by atoms with Crippen molar-refractivity contribution < 1.29 is 9.53 Å². The first kappa shape index (κ1) is 18.6. The van der Waals surface area contributed by atoms with Gasteiger partial charge in [0.05, 0.1) is 18.6 Å². The Morgan fingerprint density at radius 3 is 2.79 bits per heavy atom. The van der Waals surface area contributed by atoms with Crippen LogP contribution < -0.4 is 10.1 Å². The van der Waals surface area contributed by atoms with E-state index >= 15 is 0 Å². The predicted octanol–water partition coefficient (Wildman–Crippen LogP) is 3.81. The molecule has 2 aromatic rings. The fourth-order valence-corrected chi connectivity index (χ4v) is 3.32.